The van der Waals surface area contributed by atoms with Crippen LogP contribution in [0.4, 0.5) is 0 Å². The van der Waals surface area contributed by atoms with Gasteiger partial charge in [-0.3, -0.25) is 9.59 Å². The number of H-pyrrole nitrogens is 1. The molecule has 1 aromatic heterocycles. The van der Waals surface area contributed by atoms with Gasteiger partial charge in [0.05, 0.1) is 6.42 Å². The Labute approximate surface area is 213 Å². The number of benzene rings is 3. The number of halogens is 1. The summed E-state index contributed by atoms with van der Waals surface area (Å²) in [6, 6.07) is 20.8. The number of esters is 1. The van der Waals surface area contributed by atoms with Crippen LogP contribution in [-0.4, -0.2) is 38.5 Å². The van der Waals surface area contributed by atoms with E-state index in [1.807, 2.05) is 66.7 Å². The van der Waals surface area contributed by atoms with Crippen LogP contribution in [-0.2, 0) is 24.1 Å². The Morgan fingerprint density at radius 3 is 2.61 bits per heavy atom. The quantitative estimate of drug-likeness (QED) is 0.274. The minimum absolute atomic E-state index is 0.0171. The van der Waals surface area contributed by atoms with Crippen molar-refractivity contribution in [2.45, 2.75) is 38.1 Å². The summed E-state index contributed by atoms with van der Waals surface area (Å²) in [6.45, 7) is 0. The molecular formula is C27H24ClN5O3. The largest absolute Gasteiger partial charge is 0.426 e. The lowest BCUT2D eigenvalue weighted by molar-refractivity contribution is -0.134. The van der Waals surface area contributed by atoms with Gasteiger partial charge in [0.1, 0.15) is 5.75 Å². The number of fused-ring (bicyclic) bond motifs is 1. The van der Waals surface area contributed by atoms with Crippen LogP contribution in [0, 0.1) is 0 Å². The first-order valence-corrected chi connectivity index (χ1v) is 12.1. The Balaban J connectivity index is 1.29. The molecule has 1 aliphatic carbocycles. The second-order valence-corrected chi connectivity index (χ2v) is 9.22. The van der Waals surface area contributed by atoms with Crippen molar-refractivity contribution in [3.8, 4) is 16.9 Å². The molecule has 0 bridgehead atoms. The Morgan fingerprint density at radius 2 is 1.83 bits per heavy atom. The van der Waals surface area contributed by atoms with E-state index in [2.05, 4.69) is 25.9 Å². The molecule has 0 spiro atoms. The third kappa shape index (κ3) is 5.78. The number of aryl methyl sites for hydroxylation is 2. The van der Waals surface area contributed by atoms with Crippen molar-refractivity contribution < 1.29 is 14.3 Å². The maximum atomic E-state index is 12.8. The number of hydrogen-bond donors (Lipinski definition) is 2. The van der Waals surface area contributed by atoms with Crippen LogP contribution < -0.4 is 10.1 Å². The summed E-state index contributed by atoms with van der Waals surface area (Å²) < 4.78 is 5.62. The first-order valence-electron chi connectivity index (χ1n) is 11.8. The minimum Gasteiger partial charge on any atom is -0.426 e. The number of nitrogens with one attached hydrogen (secondary N) is 2. The Kier molecular flexibility index (Phi) is 7.04. The monoisotopic (exact) mass is 501 g/mol. The molecule has 0 unspecified atom stereocenters. The number of nitrogens with zero attached hydrogens (tertiary/aromatic N) is 3. The van der Waals surface area contributed by atoms with Crippen LogP contribution in [0.15, 0.2) is 66.7 Å². The standard InChI is InChI=1S/C27H24ClN5O3/c28-22-6-2-5-20(14-22)19-9-7-17(8-10-19)13-23(29-27(35)26-30-32-33-31-26)16-25(34)36-24-12-11-18-3-1-4-21(18)15-24/h2,5-12,14-15,23H,1,3-4,13,16H2,(H,29,35)(H,30,31,32,33)/t23-/m1/s1. The molecule has 36 heavy (non-hydrogen) atoms. The van der Waals surface area contributed by atoms with Gasteiger partial charge in [0.2, 0.25) is 0 Å². The van der Waals surface area contributed by atoms with E-state index in [0.717, 1.165) is 36.0 Å². The molecule has 0 radical (unpaired) electrons. The second-order valence-electron chi connectivity index (χ2n) is 8.78. The number of aromatic amines is 1. The highest BCUT2D eigenvalue weighted by Crippen LogP contribution is 2.27. The van der Waals surface area contributed by atoms with Crippen LogP contribution in [0.3, 0.4) is 0 Å². The fourth-order valence-corrected chi connectivity index (χ4v) is 4.64. The topological polar surface area (TPSA) is 110 Å². The molecular weight excluding hydrogens is 478 g/mol. The Morgan fingerprint density at radius 1 is 1.00 bits per heavy atom. The number of carbonyl (C=O) groups excluding carboxylic acids is 2. The Bertz CT molecular complexity index is 1370. The summed E-state index contributed by atoms with van der Waals surface area (Å²) in [5, 5.41) is 16.6. The number of carbonyl (C=O) groups is 2. The van der Waals surface area contributed by atoms with Crippen LogP contribution >= 0.6 is 11.6 Å². The summed E-state index contributed by atoms with van der Waals surface area (Å²) >= 11 is 6.12. The van der Waals surface area contributed by atoms with Gasteiger partial charge in [-0.1, -0.05) is 54.1 Å². The van der Waals surface area contributed by atoms with Gasteiger partial charge in [-0.25, -0.2) is 0 Å². The van der Waals surface area contributed by atoms with E-state index in [4.69, 9.17) is 16.3 Å². The molecule has 1 aliphatic rings. The van der Waals surface area contributed by atoms with Crippen LogP contribution in [0.5, 0.6) is 5.75 Å². The van der Waals surface area contributed by atoms with Crippen LogP contribution in [0.2, 0.25) is 5.02 Å². The molecule has 0 saturated carbocycles. The average molecular weight is 502 g/mol. The van der Waals surface area contributed by atoms with Gasteiger partial charge in [-0.15, -0.1) is 10.2 Å². The first-order chi connectivity index (χ1) is 17.5. The van der Waals surface area contributed by atoms with Gasteiger partial charge in [0, 0.05) is 11.1 Å². The molecule has 1 amide bonds. The fraction of sp³-hybridized carbons (Fsp3) is 0.222. The highest BCUT2D eigenvalue weighted by Gasteiger charge is 2.22. The maximum Gasteiger partial charge on any atom is 0.313 e. The van der Waals surface area contributed by atoms with Crippen molar-refractivity contribution in [2.24, 2.45) is 0 Å². The third-order valence-electron chi connectivity index (χ3n) is 6.19. The maximum absolute atomic E-state index is 12.8. The predicted octanol–water partition coefficient (Wildman–Crippen LogP) is 4.35. The molecule has 182 valence electrons. The average Bonchev–Trinajstić information content (AvgIpc) is 3.57. The zero-order chi connectivity index (χ0) is 24.9. The van der Waals surface area contributed by atoms with E-state index in [1.165, 1.54) is 11.1 Å². The summed E-state index contributed by atoms with van der Waals surface area (Å²) in [7, 11) is 0. The number of hydrogen-bond acceptors (Lipinski definition) is 6. The second kappa shape index (κ2) is 10.7. The molecule has 9 heteroatoms. The highest BCUT2D eigenvalue weighted by molar-refractivity contribution is 6.30. The van der Waals surface area contributed by atoms with Crippen LogP contribution in [0.1, 0.15) is 40.2 Å². The molecule has 2 N–H and O–H groups in total. The van der Waals surface area contributed by atoms with Gasteiger partial charge in [-0.2, -0.15) is 5.21 Å². The zero-order valence-corrected chi connectivity index (χ0v) is 20.2. The van der Waals surface area contributed by atoms with Gasteiger partial charge in [0.25, 0.3) is 11.7 Å². The van der Waals surface area contributed by atoms with Crippen LogP contribution in [0.25, 0.3) is 11.1 Å². The van der Waals surface area contributed by atoms with Gasteiger partial charge in [-0.05, 0) is 83.0 Å². The number of rotatable bonds is 8. The molecule has 5 rings (SSSR count). The zero-order valence-electron chi connectivity index (χ0n) is 19.4. The van der Waals surface area contributed by atoms with Gasteiger partial charge in [0.15, 0.2) is 0 Å². The lowest BCUT2D eigenvalue weighted by atomic mass is 9.99. The smallest absolute Gasteiger partial charge is 0.313 e. The third-order valence-corrected chi connectivity index (χ3v) is 6.43. The summed E-state index contributed by atoms with van der Waals surface area (Å²) in [5.74, 6) is -0.519. The normalized spacial score (nSPS) is 13.1. The van der Waals surface area contributed by atoms with Gasteiger partial charge >= 0.3 is 5.97 Å². The van der Waals surface area contributed by atoms with E-state index in [9.17, 15) is 9.59 Å². The van der Waals surface area contributed by atoms with E-state index in [-0.39, 0.29) is 12.2 Å². The lowest BCUT2D eigenvalue weighted by Crippen LogP contribution is -2.39. The van der Waals surface area contributed by atoms with Crippen molar-refractivity contribution in [3.05, 3.63) is 94.3 Å². The first kappa shape index (κ1) is 23.7. The van der Waals surface area contributed by atoms with Gasteiger partial charge < -0.3 is 10.1 Å². The molecule has 3 aromatic carbocycles. The number of aromatic nitrogens is 4. The van der Waals surface area contributed by atoms with E-state index < -0.39 is 17.9 Å². The van der Waals surface area contributed by atoms with Crippen molar-refractivity contribution in [1.29, 1.82) is 0 Å². The minimum atomic E-state index is -0.532. The van der Waals surface area contributed by atoms with Crippen molar-refractivity contribution in [2.75, 3.05) is 0 Å². The van der Waals surface area contributed by atoms with Crippen molar-refractivity contribution >= 4 is 23.5 Å². The lowest BCUT2D eigenvalue weighted by Gasteiger charge is -2.18. The van der Waals surface area contributed by atoms with E-state index in [0.29, 0.717) is 17.2 Å². The molecule has 8 nitrogen and oxygen atoms in total. The van der Waals surface area contributed by atoms with Crippen molar-refractivity contribution in [1.82, 2.24) is 25.9 Å². The Hall–Kier alpha value is -4.04. The molecule has 0 fully saturated rings. The number of ether oxygens (including phenoxy) is 1. The number of amides is 1. The summed E-state index contributed by atoms with van der Waals surface area (Å²) in [4.78, 5) is 25.4. The number of tetrazole rings is 1. The molecule has 0 saturated heterocycles. The SMILES string of the molecule is O=C(C[C@@H](Cc1ccc(-c2cccc(Cl)c2)cc1)NC(=O)c1nn[nH]n1)Oc1ccc2c(c1)CCC2. The molecule has 0 aliphatic heterocycles. The predicted molar refractivity (Wildman–Crippen MR) is 135 cm³/mol. The summed E-state index contributed by atoms with van der Waals surface area (Å²) in [5.41, 5.74) is 5.51. The molecule has 4 aromatic rings. The fourth-order valence-electron chi connectivity index (χ4n) is 4.45. The summed E-state index contributed by atoms with van der Waals surface area (Å²) in [6.07, 6.45) is 3.57. The van der Waals surface area contributed by atoms with E-state index >= 15 is 0 Å². The molecule has 1 atom stereocenters. The van der Waals surface area contributed by atoms with E-state index in [1.54, 1.807) is 0 Å². The van der Waals surface area contributed by atoms with Crippen molar-refractivity contribution in [3.63, 3.8) is 0 Å². The highest BCUT2D eigenvalue weighted by atomic mass is 35.5. The molecule has 1 heterocycles.